The van der Waals surface area contributed by atoms with Gasteiger partial charge in [-0.05, 0) is 30.8 Å². The number of piperidine rings is 1. The molecule has 0 bridgehead atoms. The number of thiophene rings is 1. The van der Waals surface area contributed by atoms with Crippen LogP contribution in [0.3, 0.4) is 0 Å². The predicted octanol–water partition coefficient (Wildman–Crippen LogP) is 2.39. The third kappa shape index (κ3) is 2.28. The smallest absolute Gasteiger partial charge is 0.265 e. The van der Waals surface area contributed by atoms with Crippen LogP contribution >= 0.6 is 11.3 Å². The highest BCUT2D eigenvalue weighted by Gasteiger charge is 2.40. The lowest BCUT2D eigenvalue weighted by Crippen LogP contribution is -2.61. The molecule has 4 rings (SSSR count). The van der Waals surface area contributed by atoms with Gasteiger partial charge >= 0.3 is 0 Å². The minimum atomic E-state index is -0.285. The van der Waals surface area contributed by atoms with E-state index < -0.39 is 0 Å². The van der Waals surface area contributed by atoms with Crippen molar-refractivity contribution in [1.29, 1.82) is 0 Å². The Morgan fingerprint density at radius 1 is 1.23 bits per heavy atom. The van der Waals surface area contributed by atoms with Gasteiger partial charge < -0.3 is 15.5 Å². The van der Waals surface area contributed by atoms with Gasteiger partial charge in [-0.2, -0.15) is 0 Å². The highest BCUT2D eigenvalue weighted by atomic mass is 32.1. The summed E-state index contributed by atoms with van der Waals surface area (Å²) in [6.07, 6.45) is 5.41. The normalized spacial score (nSPS) is 20.3. The lowest BCUT2D eigenvalue weighted by atomic mass is 9.94. The summed E-state index contributed by atoms with van der Waals surface area (Å²) in [6.45, 7) is 1.98. The Bertz CT molecular complexity index is 704. The molecule has 2 aromatic rings. The molecule has 5 nitrogen and oxygen atoms in total. The van der Waals surface area contributed by atoms with Crippen molar-refractivity contribution in [1.82, 2.24) is 15.2 Å². The number of carbonyl (C=O) groups excluding carboxylic acids is 1. The van der Waals surface area contributed by atoms with Gasteiger partial charge in [0.1, 0.15) is 10.5 Å². The molecule has 1 amide bonds. The van der Waals surface area contributed by atoms with Gasteiger partial charge in [0.25, 0.3) is 5.91 Å². The molecule has 2 aromatic heterocycles. The van der Waals surface area contributed by atoms with Gasteiger partial charge in [-0.1, -0.05) is 0 Å². The zero-order valence-corrected chi connectivity index (χ0v) is 13.2. The van der Waals surface area contributed by atoms with Crippen LogP contribution in [0.25, 0.3) is 10.4 Å². The molecule has 1 spiro atoms. The summed E-state index contributed by atoms with van der Waals surface area (Å²) in [5.41, 5.74) is 1.78. The van der Waals surface area contributed by atoms with E-state index in [1.807, 2.05) is 12.1 Å². The fraction of sp³-hybridized carbons (Fsp3) is 0.375. The van der Waals surface area contributed by atoms with E-state index >= 15 is 0 Å². The fourth-order valence-corrected chi connectivity index (χ4v) is 4.14. The maximum absolute atomic E-state index is 12.5. The molecule has 0 aliphatic carbocycles. The molecule has 2 aliphatic heterocycles. The van der Waals surface area contributed by atoms with Crippen molar-refractivity contribution in [3.8, 4) is 10.4 Å². The van der Waals surface area contributed by atoms with Crippen LogP contribution in [0.1, 0.15) is 22.5 Å². The Morgan fingerprint density at radius 2 is 1.95 bits per heavy atom. The van der Waals surface area contributed by atoms with Crippen LogP contribution in [0.4, 0.5) is 5.69 Å². The number of nitrogens with zero attached hydrogens (tertiary/aromatic N) is 2. The first-order valence-electron chi connectivity index (χ1n) is 7.49. The molecule has 6 heteroatoms. The Morgan fingerprint density at radius 3 is 2.68 bits per heavy atom. The molecule has 1 fully saturated rings. The number of nitrogens with one attached hydrogen (secondary N) is 2. The van der Waals surface area contributed by atoms with E-state index in [9.17, 15) is 4.79 Å². The highest BCUT2D eigenvalue weighted by molar-refractivity contribution is 7.18. The van der Waals surface area contributed by atoms with Gasteiger partial charge in [0, 0.05) is 43.2 Å². The van der Waals surface area contributed by atoms with Gasteiger partial charge in [0.05, 0.1) is 5.69 Å². The molecule has 1 saturated heterocycles. The number of rotatable bonds is 1. The van der Waals surface area contributed by atoms with Gasteiger partial charge in [-0.15, -0.1) is 11.3 Å². The number of hydrogen-bond acceptors (Lipinski definition) is 5. The highest BCUT2D eigenvalue weighted by Crippen LogP contribution is 2.39. The Hall–Kier alpha value is -1.92. The minimum Gasteiger partial charge on any atom is -0.361 e. The number of amides is 1. The largest absolute Gasteiger partial charge is 0.361 e. The second-order valence-corrected chi connectivity index (χ2v) is 7.11. The monoisotopic (exact) mass is 314 g/mol. The van der Waals surface area contributed by atoms with E-state index in [1.165, 1.54) is 11.3 Å². The Balaban J connectivity index is 1.67. The van der Waals surface area contributed by atoms with Gasteiger partial charge in [0.15, 0.2) is 0 Å². The summed E-state index contributed by atoms with van der Waals surface area (Å²) in [5.74, 6) is 0.0450. The van der Waals surface area contributed by atoms with Crippen LogP contribution < -0.4 is 10.6 Å². The molecule has 0 unspecified atom stereocenters. The minimum absolute atomic E-state index is 0.0450. The standard InChI is InChI=1S/C16H18N4OS/c1-20-8-4-16(5-9-20)18-12-10-13(11-2-6-17-7-3-11)22-14(12)15(21)19-16/h2-3,6-7,10,18H,4-5,8-9H2,1H3,(H,19,21). The van der Waals surface area contributed by atoms with Gasteiger partial charge in [-0.25, -0.2) is 0 Å². The SMILES string of the molecule is CN1CCC2(CC1)NC(=O)c1sc(-c3ccncc3)cc1N2. The Labute approximate surface area is 133 Å². The number of aromatic nitrogens is 1. The maximum atomic E-state index is 12.5. The van der Waals surface area contributed by atoms with Crippen molar-refractivity contribution in [2.24, 2.45) is 0 Å². The third-order valence-corrected chi connectivity index (χ3v) is 5.65. The second kappa shape index (κ2) is 5.07. The first kappa shape index (κ1) is 13.7. The van der Waals surface area contributed by atoms with E-state index in [1.54, 1.807) is 12.4 Å². The van der Waals surface area contributed by atoms with Crippen LogP contribution in [0.2, 0.25) is 0 Å². The summed E-state index contributed by atoms with van der Waals surface area (Å²) in [7, 11) is 2.12. The molecule has 22 heavy (non-hydrogen) atoms. The number of fused-ring (bicyclic) bond motifs is 1. The second-order valence-electron chi connectivity index (χ2n) is 6.05. The van der Waals surface area contributed by atoms with Crippen LogP contribution in [0, 0.1) is 0 Å². The van der Waals surface area contributed by atoms with Crippen molar-refractivity contribution in [3.05, 3.63) is 35.5 Å². The molecule has 0 radical (unpaired) electrons. The van der Waals surface area contributed by atoms with E-state index in [0.717, 1.165) is 46.9 Å². The van der Waals surface area contributed by atoms with Crippen molar-refractivity contribution in [2.75, 3.05) is 25.5 Å². The number of carbonyl (C=O) groups is 1. The van der Waals surface area contributed by atoms with E-state index in [0.29, 0.717) is 0 Å². The third-order valence-electron chi connectivity index (χ3n) is 4.47. The average molecular weight is 314 g/mol. The van der Waals surface area contributed by atoms with Gasteiger partial charge in [0.2, 0.25) is 0 Å². The van der Waals surface area contributed by atoms with Crippen molar-refractivity contribution in [2.45, 2.75) is 18.5 Å². The number of pyridine rings is 1. The topological polar surface area (TPSA) is 57.3 Å². The lowest BCUT2D eigenvalue weighted by Gasteiger charge is -2.44. The van der Waals surface area contributed by atoms with Crippen LogP contribution in [0.15, 0.2) is 30.6 Å². The average Bonchev–Trinajstić information content (AvgIpc) is 2.96. The molecule has 114 valence electrons. The first-order chi connectivity index (χ1) is 10.7. The molecular weight excluding hydrogens is 296 g/mol. The van der Waals surface area contributed by atoms with E-state index in [-0.39, 0.29) is 11.6 Å². The summed E-state index contributed by atoms with van der Waals surface area (Å²) < 4.78 is 0. The summed E-state index contributed by atoms with van der Waals surface area (Å²) in [5, 5.41) is 6.78. The number of anilines is 1. The maximum Gasteiger partial charge on any atom is 0.265 e. The molecular formula is C16H18N4OS. The van der Waals surface area contributed by atoms with Crippen molar-refractivity contribution < 1.29 is 4.79 Å². The molecule has 2 aliphatic rings. The van der Waals surface area contributed by atoms with Crippen molar-refractivity contribution in [3.63, 3.8) is 0 Å². The van der Waals surface area contributed by atoms with Crippen molar-refractivity contribution >= 4 is 22.9 Å². The van der Waals surface area contributed by atoms with Crippen LogP contribution in [-0.4, -0.2) is 41.6 Å². The summed E-state index contributed by atoms with van der Waals surface area (Å²) in [4.78, 5) is 20.7. The number of likely N-dealkylation sites (tertiary alicyclic amines) is 1. The molecule has 2 N–H and O–H groups in total. The first-order valence-corrected chi connectivity index (χ1v) is 8.30. The van der Waals surface area contributed by atoms with Crippen LogP contribution in [0.5, 0.6) is 0 Å². The lowest BCUT2D eigenvalue weighted by molar-refractivity contribution is 0.0851. The quantitative estimate of drug-likeness (QED) is 0.848. The molecule has 0 atom stereocenters. The fourth-order valence-electron chi connectivity index (χ4n) is 3.12. The summed E-state index contributed by atoms with van der Waals surface area (Å²) in [6, 6.07) is 6.04. The van der Waals surface area contributed by atoms with Crippen LogP contribution in [-0.2, 0) is 0 Å². The summed E-state index contributed by atoms with van der Waals surface area (Å²) >= 11 is 1.53. The zero-order valence-electron chi connectivity index (χ0n) is 12.4. The molecule has 4 heterocycles. The molecule has 0 aromatic carbocycles. The zero-order chi connectivity index (χ0) is 15.2. The van der Waals surface area contributed by atoms with E-state index in [4.69, 9.17) is 0 Å². The van der Waals surface area contributed by atoms with Gasteiger partial charge in [-0.3, -0.25) is 9.78 Å². The molecule has 0 saturated carbocycles. The predicted molar refractivity (Wildman–Crippen MR) is 88.1 cm³/mol. The van der Waals surface area contributed by atoms with E-state index in [2.05, 4.69) is 33.6 Å². The Kier molecular flexibility index (Phi) is 3.16. The number of hydrogen-bond donors (Lipinski definition) is 2.